The maximum absolute atomic E-state index is 2.93. The molecule has 2 aliphatic carbocycles. The Hall–Kier alpha value is 0.380. The molecule has 136 valence electrons. The SMILES string of the molecule is CCC[C@H]1CC[C@H](c2ccc(C3CCC(CP)CC3)cc2)CC1.I. The standard InChI is InChI=1S/C22H35P.HI/c1-2-3-17-4-8-19(9-5-17)21-12-14-22(15-13-21)20-10-6-18(16-23)7-11-20;/h12-15,17-20H,2-11,16,23H2,1H3;1H/t17-,18?,19-,20?;. The smallest absolute Gasteiger partial charge is 0.0162 e. The lowest BCUT2D eigenvalue weighted by molar-refractivity contribution is 0.308. The van der Waals surface area contributed by atoms with Crippen LogP contribution in [0.1, 0.15) is 94.1 Å². The third-order valence-corrected chi connectivity index (χ3v) is 7.27. The Bertz CT molecular complexity index is 453. The molecule has 0 heterocycles. The van der Waals surface area contributed by atoms with Gasteiger partial charge in [-0.3, -0.25) is 0 Å². The van der Waals surface area contributed by atoms with E-state index >= 15 is 0 Å². The lowest BCUT2D eigenvalue weighted by atomic mass is 9.76. The topological polar surface area (TPSA) is 0 Å². The molecule has 0 spiro atoms. The number of halogens is 1. The first-order chi connectivity index (χ1) is 11.3. The van der Waals surface area contributed by atoms with E-state index in [2.05, 4.69) is 40.4 Å². The van der Waals surface area contributed by atoms with Crippen LogP contribution in [-0.2, 0) is 0 Å². The van der Waals surface area contributed by atoms with Gasteiger partial charge in [0.1, 0.15) is 0 Å². The molecule has 2 saturated carbocycles. The zero-order chi connectivity index (χ0) is 16.1. The van der Waals surface area contributed by atoms with E-state index < -0.39 is 0 Å². The van der Waals surface area contributed by atoms with Crippen LogP contribution in [0.5, 0.6) is 0 Å². The molecule has 0 aromatic heterocycles. The maximum atomic E-state index is 2.93. The van der Waals surface area contributed by atoms with Crippen LogP contribution in [-0.4, -0.2) is 6.16 Å². The molecule has 0 bridgehead atoms. The van der Waals surface area contributed by atoms with Gasteiger partial charge in [0, 0.05) is 0 Å². The molecule has 3 rings (SSSR count). The van der Waals surface area contributed by atoms with Gasteiger partial charge < -0.3 is 0 Å². The van der Waals surface area contributed by atoms with Crippen LogP contribution in [0.4, 0.5) is 0 Å². The van der Waals surface area contributed by atoms with E-state index in [1.54, 1.807) is 11.1 Å². The molecule has 2 heteroatoms. The van der Waals surface area contributed by atoms with Crippen molar-refractivity contribution in [2.24, 2.45) is 11.8 Å². The van der Waals surface area contributed by atoms with Crippen LogP contribution in [0.25, 0.3) is 0 Å². The van der Waals surface area contributed by atoms with Crippen molar-refractivity contribution >= 4 is 33.2 Å². The van der Waals surface area contributed by atoms with Crippen molar-refractivity contribution < 1.29 is 0 Å². The van der Waals surface area contributed by atoms with E-state index in [9.17, 15) is 0 Å². The van der Waals surface area contributed by atoms with Crippen LogP contribution >= 0.6 is 33.2 Å². The summed E-state index contributed by atoms with van der Waals surface area (Å²) in [6, 6.07) is 9.84. The molecule has 0 radical (unpaired) electrons. The van der Waals surface area contributed by atoms with Crippen LogP contribution in [0.3, 0.4) is 0 Å². The van der Waals surface area contributed by atoms with Gasteiger partial charge in [0.15, 0.2) is 0 Å². The highest BCUT2D eigenvalue weighted by atomic mass is 127. The third kappa shape index (κ3) is 5.44. The van der Waals surface area contributed by atoms with Crippen molar-refractivity contribution in [3.63, 3.8) is 0 Å². The molecule has 0 nitrogen and oxygen atoms in total. The number of benzene rings is 1. The summed E-state index contributed by atoms with van der Waals surface area (Å²) in [5.74, 6) is 3.65. The highest BCUT2D eigenvalue weighted by Gasteiger charge is 2.23. The second-order valence-electron chi connectivity index (χ2n) is 8.13. The van der Waals surface area contributed by atoms with Crippen molar-refractivity contribution in [3.8, 4) is 0 Å². The van der Waals surface area contributed by atoms with Gasteiger partial charge in [-0.2, -0.15) is 0 Å². The maximum Gasteiger partial charge on any atom is -0.0162 e. The number of hydrogen-bond acceptors (Lipinski definition) is 0. The summed E-state index contributed by atoms with van der Waals surface area (Å²) in [4.78, 5) is 0. The van der Waals surface area contributed by atoms with Crippen molar-refractivity contribution in [2.45, 2.75) is 83.0 Å². The van der Waals surface area contributed by atoms with Crippen LogP contribution in [0.2, 0.25) is 0 Å². The van der Waals surface area contributed by atoms with Crippen LogP contribution < -0.4 is 0 Å². The lowest BCUT2D eigenvalue weighted by Gasteiger charge is -2.30. The van der Waals surface area contributed by atoms with E-state index in [4.69, 9.17) is 0 Å². The lowest BCUT2D eigenvalue weighted by Crippen LogP contribution is -2.15. The number of hydrogen-bond donors (Lipinski definition) is 0. The zero-order valence-electron chi connectivity index (χ0n) is 15.4. The second-order valence-corrected chi connectivity index (χ2v) is 8.60. The number of rotatable bonds is 5. The zero-order valence-corrected chi connectivity index (χ0v) is 18.9. The highest BCUT2D eigenvalue weighted by molar-refractivity contribution is 14.0. The minimum Gasteiger partial charge on any atom is -0.137 e. The Morgan fingerprint density at radius 2 is 1.17 bits per heavy atom. The van der Waals surface area contributed by atoms with Gasteiger partial charge >= 0.3 is 0 Å². The summed E-state index contributed by atoms with van der Waals surface area (Å²) in [6.45, 7) is 2.33. The van der Waals surface area contributed by atoms with Gasteiger partial charge in [-0.25, -0.2) is 0 Å². The molecule has 0 saturated heterocycles. The molecule has 2 fully saturated rings. The van der Waals surface area contributed by atoms with Gasteiger partial charge in [0.2, 0.25) is 0 Å². The second kappa shape index (κ2) is 10.5. The van der Waals surface area contributed by atoms with Gasteiger partial charge in [0.25, 0.3) is 0 Å². The fraction of sp³-hybridized carbons (Fsp3) is 0.727. The molecule has 1 unspecified atom stereocenters. The van der Waals surface area contributed by atoms with E-state index in [0.717, 1.165) is 23.7 Å². The van der Waals surface area contributed by atoms with Gasteiger partial charge in [-0.1, -0.05) is 44.0 Å². The minimum atomic E-state index is 0. The molecule has 2 aliphatic rings. The minimum absolute atomic E-state index is 0. The predicted molar refractivity (Wildman–Crippen MR) is 121 cm³/mol. The van der Waals surface area contributed by atoms with E-state index in [-0.39, 0.29) is 24.0 Å². The summed E-state index contributed by atoms with van der Waals surface area (Å²) in [5, 5.41) is 0. The summed E-state index contributed by atoms with van der Waals surface area (Å²) >= 11 is 0. The average Bonchev–Trinajstić information content (AvgIpc) is 2.63. The van der Waals surface area contributed by atoms with E-state index in [0.29, 0.717) is 0 Å². The monoisotopic (exact) mass is 458 g/mol. The first-order valence-corrected chi connectivity index (χ1v) is 10.9. The highest BCUT2D eigenvalue weighted by Crippen LogP contribution is 2.39. The molecule has 24 heavy (non-hydrogen) atoms. The van der Waals surface area contributed by atoms with Crippen molar-refractivity contribution in [2.75, 3.05) is 6.16 Å². The third-order valence-electron chi connectivity index (χ3n) is 6.60. The van der Waals surface area contributed by atoms with Gasteiger partial charge in [0.05, 0.1) is 0 Å². The first-order valence-electron chi connectivity index (χ1n) is 10.1. The molecular weight excluding hydrogens is 422 g/mol. The van der Waals surface area contributed by atoms with Crippen molar-refractivity contribution in [1.29, 1.82) is 0 Å². The van der Waals surface area contributed by atoms with Crippen molar-refractivity contribution in [1.82, 2.24) is 0 Å². The molecule has 0 N–H and O–H groups in total. The molecule has 0 aliphatic heterocycles. The van der Waals surface area contributed by atoms with Gasteiger partial charge in [-0.05, 0) is 92.3 Å². The molecular formula is C22H36IP. The largest absolute Gasteiger partial charge is 0.137 e. The Balaban J connectivity index is 0.00000208. The van der Waals surface area contributed by atoms with Crippen LogP contribution in [0.15, 0.2) is 24.3 Å². The molecule has 1 aromatic rings. The molecule has 0 amide bonds. The molecule has 1 atom stereocenters. The van der Waals surface area contributed by atoms with E-state index in [1.807, 2.05) is 0 Å². The first kappa shape index (κ1) is 20.7. The average molecular weight is 458 g/mol. The summed E-state index contributed by atoms with van der Waals surface area (Å²) < 4.78 is 0. The summed E-state index contributed by atoms with van der Waals surface area (Å²) in [7, 11) is 2.93. The van der Waals surface area contributed by atoms with Gasteiger partial charge in [-0.15, -0.1) is 33.2 Å². The van der Waals surface area contributed by atoms with E-state index in [1.165, 1.54) is 70.4 Å². The van der Waals surface area contributed by atoms with Crippen LogP contribution in [0, 0.1) is 11.8 Å². The normalized spacial score (nSPS) is 30.6. The fourth-order valence-electron chi connectivity index (χ4n) is 4.96. The summed E-state index contributed by atoms with van der Waals surface area (Å²) in [6.07, 6.45) is 15.5. The molecule has 1 aromatic carbocycles. The Morgan fingerprint density at radius 3 is 1.54 bits per heavy atom. The Labute approximate surface area is 169 Å². The Kier molecular flexibility index (Phi) is 9.06. The van der Waals surface area contributed by atoms with Crippen molar-refractivity contribution in [3.05, 3.63) is 35.4 Å². The quantitative estimate of drug-likeness (QED) is 0.316. The fourth-order valence-corrected chi connectivity index (χ4v) is 5.44. The predicted octanol–water partition coefficient (Wildman–Crippen LogP) is 7.53. The Morgan fingerprint density at radius 1 is 0.750 bits per heavy atom. The summed E-state index contributed by atoms with van der Waals surface area (Å²) in [5.41, 5.74) is 3.22.